The van der Waals surface area contributed by atoms with Crippen molar-refractivity contribution in [1.82, 2.24) is 9.97 Å². The van der Waals surface area contributed by atoms with Crippen molar-refractivity contribution in [2.45, 2.75) is 51.5 Å². The fourth-order valence-electron chi connectivity index (χ4n) is 4.04. The SMILES string of the molecule is CCc1cc2c(NCc3cccc([N+](=O)[O-])c3)nc(C3CCC(C(=O)O)CC3)nc2s1. The number of nitrogens with zero attached hydrogens (tertiary/aromatic N) is 3. The molecular weight excluding hydrogens is 416 g/mol. The first kappa shape index (κ1) is 21.2. The zero-order chi connectivity index (χ0) is 22.0. The number of carboxylic acids is 1. The second-order valence-electron chi connectivity index (χ2n) is 7.88. The van der Waals surface area contributed by atoms with Crippen molar-refractivity contribution in [2.24, 2.45) is 5.92 Å². The minimum Gasteiger partial charge on any atom is -0.481 e. The Morgan fingerprint density at radius 1 is 1.26 bits per heavy atom. The topological polar surface area (TPSA) is 118 Å². The molecule has 0 unspecified atom stereocenters. The molecule has 2 heterocycles. The van der Waals surface area contributed by atoms with Crippen LogP contribution in [-0.4, -0.2) is 26.0 Å². The molecule has 0 radical (unpaired) electrons. The van der Waals surface area contributed by atoms with Crippen LogP contribution in [0.2, 0.25) is 0 Å². The summed E-state index contributed by atoms with van der Waals surface area (Å²) in [5, 5.41) is 24.6. The highest BCUT2D eigenvalue weighted by molar-refractivity contribution is 7.18. The molecule has 2 N–H and O–H groups in total. The molecular formula is C22H24N4O4S. The number of carbonyl (C=O) groups is 1. The Bertz CT molecular complexity index is 1120. The van der Waals surface area contributed by atoms with E-state index < -0.39 is 10.9 Å². The number of aliphatic carboxylic acids is 1. The molecule has 0 amide bonds. The number of nitrogens with one attached hydrogen (secondary N) is 1. The van der Waals surface area contributed by atoms with Gasteiger partial charge in [-0.1, -0.05) is 19.1 Å². The maximum Gasteiger partial charge on any atom is 0.306 e. The molecule has 4 rings (SSSR count). The van der Waals surface area contributed by atoms with Gasteiger partial charge in [-0.15, -0.1) is 11.3 Å². The second-order valence-corrected chi connectivity index (χ2v) is 9.00. The quantitative estimate of drug-likeness (QED) is 0.386. The van der Waals surface area contributed by atoms with Crippen LogP contribution in [0.4, 0.5) is 11.5 Å². The first-order valence-corrected chi connectivity index (χ1v) is 11.3. The first-order valence-electron chi connectivity index (χ1n) is 10.4. The van der Waals surface area contributed by atoms with Gasteiger partial charge in [0, 0.05) is 29.5 Å². The summed E-state index contributed by atoms with van der Waals surface area (Å²) in [7, 11) is 0. The van der Waals surface area contributed by atoms with E-state index in [1.54, 1.807) is 23.5 Å². The van der Waals surface area contributed by atoms with Crippen molar-refractivity contribution in [3.63, 3.8) is 0 Å². The Hall–Kier alpha value is -3.07. The van der Waals surface area contributed by atoms with Gasteiger partial charge >= 0.3 is 5.97 Å². The molecule has 0 bridgehead atoms. The number of anilines is 1. The highest BCUT2D eigenvalue weighted by Gasteiger charge is 2.29. The van der Waals surface area contributed by atoms with Gasteiger partial charge in [-0.2, -0.15) is 0 Å². The molecule has 0 aliphatic heterocycles. The summed E-state index contributed by atoms with van der Waals surface area (Å²) in [6, 6.07) is 8.66. The summed E-state index contributed by atoms with van der Waals surface area (Å²) >= 11 is 1.65. The maximum atomic E-state index is 11.3. The van der Waals surface area contributed by atoms with Crippen LogP contribution in [0.15, 0.2) is 30.3 Å². The highest BCUT2D eigenvalue weighted by atomic mass is 32.1. The molecule has 1 aromatic carbocycles. The largest absolute Gasteiger partial charge is 0.481 e. The predicted molar refractivity (Wildman–Crippen MR) is 120 cm³/mol. The molecule has 1 aliphatic rings. The lowest BCUT2D eigenvalue weighted by Crippen LogP contribution is -2.21. The monoisotopic (exact) mass is 440 g/mol. The number of hydrogen-bond donors (Lipinski definition) is 2. The van der Waals surface area contributed by atoms with Crippen LogP contribution in [0.5, 0.6) is 0 Å². The average Bonchev–Trinajstić information content (AvgIpc) is 3.21. The van der Waals surface area contributed by atoms with Crippen molar-refractivity contribution in [2.75, 3.05) is 5.32 Å². The van der Waals surface area contributed by atoms with Gasteiger partial charge in [-0.05, 0) is 43.7 Å². The zero-order valence-electron chi connectivity index (χ0n) is 17.2. The zero-order valence-corrected chi connectivity index (χ0v) is 18.0. The summed E-state index contributed by atoms with van der Waals surface area (Å²) in [5.74, 6) is 0.621. The predicted octanol–water partition coefficient (Wildman–Crippen LogP) is 5.13. The van der Waals surface area contributed by atoms with Crippen LogP contribution >= 0.6 is 11.3 Å². The number of nitro groups is 1. The summed E-state index contributed by atoms with van der Waals surface area (Å²) in [5.41, 5.74) is 0.863. The van der Waals surface area contributed by atoms with Crippen molar-refractivity contribution >= 4 is 39.0 Å². The molecule has 162 valence electrons. The van der Waals surface area contributed by atoms with Gasteiger partial charge in [0.15, 0.2) is 0 Å². The van der Waals surface area contributed by atoms with Crippen LogP contribution in [0, 0.1) is 16.0 Å². The van der Waals surface area contributed by atoms with Crippen LogP contribution in [0.1, 0.15) is 54.8 Å². The fraction of sp³-hybridized carbons (Fsp3) is 0.409. The van der Waals surface area contributed by atoms with E-state index in [9.17, 15) is 20.0 Å². The number of thiophene rings is 1. The van der Waals surface area contributed by atoms with Gasteiger partial charge in [-0.25, -0.2) is 9.97 Å². The summed E-state index contributed by atoms with van der Waals surface area (Å²) in [4.78, 5) is 33.7. The molecule has 0 atom stereocenters. The van der Waals surface area contributed by atoms with Crippen molar-refractivity contribution in [1.29, 1.82) is 0 Å². The minimum absolute atomic E-state index is 0.0619. The second kappa shape index (κ2) is 8.97. The Balaban J connectivity index is 1.61. The number of carboxylic acid groups (broad SMARTS) is 1. The smallest absolute Gasteiger partial charge is 0.306 e. The Labute approximate surface area is 183 Å². The highest BCUT2D eigenvalue weighted by Crippen LogP contribution is 2.37. The first-order chi connectivity index (χ1) is 14.9. The van der Waals surface area contributed by atoms with Gasteiger partial charge < -0.3 is 10.4 Å². The minimum atomic E-state index is -0.722. The van der Waals surface area contributed by atoms with E-state index in [0.29, 0.717) is 19.4 Å². The van der Waals surface area contributed by atoms with Crippen LogP contribution < -0.4 is 5.32 Å². The third-order valence-corrected chi connectivity index (χ3v) is 7.01. The molecule has 9 heteroatoms. The molecule has 2 aromatic heterocycles. The van der Waals surface area contributed by atoms with E-state index in [2.05, 4.69) is 18.3 Å². The lowest BCUT2D eigenvalue weighted by Gasteiger charge is -2.25. The number of hydrogen-bond acceptors (Lipinski definition) is 7. The van der Waals surface area contributed by atoms with E-state index >= 15 is 0 Å². The molecule has 1 aliphatic carbocycles. The maximum absolute atomic E-state index is 11.3. The average molecular weight is 441 g/mol. The van der Waals surface area contributed by atoms with E-state index in [0.717, 1.165) is 46.7 Å². The third-order valence-electron chi connectivity index (χ3n) is 5.83. The lowest BCUT2D eigenvalue weighted by atomic mass is 9.81. The Morgan fingerprint density at radius 2 is 2.03 bits per heavy atom. The van der Waals surface area contributed by atoms with E-state index in [4.69, 9.17) is 9.97 Å². The van der Waals surface area contributed by atoms with Crippen LogP contribution in [0.3, 0.4) is 0 Å². The summed E-state index contributed by atoms with van der Waals surface area (Å²) < 4.78 is 0. The van der Waals surface area contributed by atoms with Gasteiger partial charge in [0.25, 0.3) is 5.69 Å². The molecule has 31 heavy (non-hydrogen) atoms. The third kappa shape index (κ3) is 4.66. The van der Waals surface area contributed by atoms with Gasteiger partial charge in [-0.3, -0.25) is 14.9 Å². The normalized spacial score (nSPS) is 18.7. The summed E-state index contributed by atoms with van der Waals surface area (Å²) in [6.45, 7) is 2.51. The molecule has 8 nitrogen and oxygen atoms in total. The number of fused-ring (bicyclic) bond motifs is 1. The number of aromatic nitrogens is 2. The molecule has 0 spiro atoms. The number of nitro benzene ring substituents is 1. The van der Waals surface area contributed by atoms with E-state index in [-0.39, 0.29) is 17.5 Å². The Kier molecular flexibility index (Phi) is 6.13. The van der Waals surface area contributed by atoms with Gasteiger partial charge in [0.1, 0.15) is 16.5 Å². The molecule has 0 saturated heterocycles. The van der Waals surface area contributed by atoms with Crippen molar-refractivity contribution in [3.05, 3.63) is 56.7 Å². The van der Waals surface area contributed by atoms with Crippen molar-refractivity contribution < 1.29 is 14.8 Å². The molecule has 1 saturated carbocycles. The fourth-order valence-corrected chi connectivity index (χ4v) is 5.02. The van der Waals surface area contributed by atoms with Gasteiger partial charge in [0.05, 0.1) is 16.2 Å². The van der Waals surface area contributed by atoms with E-state index in [1.807, 2.05) is 6.07 Å². The number of aryl methyl sites for hydroxylation is 1. The standard InChI is InChI=1S/C22H24N4O4S/c1-2-17-11-18-20(23-12-13-4-3-5-16(10-13)26(29)30)24-19(25-21(18)31-17)14-6-8-15(9-7-14)22(27)28/h3-5,10-11,14-15H,2,6-9,12H2,1H3,(H,27,28)(H,23,24,25). The number of non-ortho nitro benzene ring substituents is 1. The summed E-state index contributed by atoms with van der Waals surface area (Å²) in [6.07, 6.45) is 3.72. The Morgan fingerprint density at radius 3 is 2.71 bits per heavy atom. The van der Waals surface area contributed by atoms with Gasteiger partial charge in [0.2, 0.25) is 0 Å². The van der Waals surface area contributed by atoms with Crippen LogP contribution in [-0.2, 0) is 17.8 Å². The number of rotatable bonds is 7. The molecule has 1 fully saturated rings. The number of benzene rings is 1. The molecule has 3 aromatic rings. The lowest BCUT2D eigenvalue weighted by molar-refractivity contribution is -0.384. The van der Waals surface area contributed by atoms with E-state index in [1.165, 1.54) is 10.9 Å². The van der Waals surface area contributed by atoms with Crippen LogP contribution in [0.25, 0.3) is 10.2 Å². The van der Waals surface area contributed by atoms with Crippen molar-refractivity contribution in [3.8, 4) is 0 Å².